The number of benzene rings is 1. The number of phenolic OH excluding ortho intramolecular Hbond substituents is 1. The second-order valence-corrected chi connectivity index (χ2v) is 3.18. The second kappa shape index (κ2) is 5.85. The average molecular weight is 224 g/mol. The van der Waals surface area contributed by atoms with Gasteiger partial charge < -0.3 is 20.5 Å². The van der Waals surface area contributed by atoms with Crippen molar-refractivity contribution in [2.24, 2.45) is 0 Å². The summed E-state index contributed by atoms with van der Waals surface area (Å²) in [7, 11) is 1.48. The van der Waals surface area contributed by atoms with Crippen molar-refractivity contribution in [1.82, 2.24) is 10.6 Å². The highest BCUT2D eigenvalue weighted by Gasteiger charge is 2.07. The molecule has 2 amide bonds. The number of para-hydroxylation sites is 1. The van der Waals surface area contributed by atoms with Crippen LogP contribution in [0, 0.1) is 0 Å². The maximum absolute atomic E-state index is 11.1. The molecule has 16 heavy (non-hydrogen) atoms. The van der Waals surface area contributed by atoms with Gasteiger partial charge in [0, 0.05) is 18.7 Å². The van der Waals surface area contributed by atoms with Gasteiger partial charge in [0.2, 0.25) is 0 Å². The molecule has 0 unspecified atom stereocenters. The van der Waals surface area contributed by atoms with Gasteiger partial charge in [-0.1, -0.05) is 12.1 Å². The number of hydrogen-bond donors (Lipinski definition) is 3. The fraction of sp³-hybridized carbons (Fsp3) is 0.364. The van der Waals surface area contributed by atoms with Gasteiger partial charge in [-0.05, 0) is 13.0 Å². The minimum atomic E-state index is -0.260. The highest BCUT2D eigenvalue weighted by Crippen LogP contribution is 2.28. The van der Waals surface area contributed by atoms with Crippen LogP contribution in [0.3, 0.4) is 0 Å². The molecule has 0 saturated carbocycles. The van der Waals surface area contributed by atoms with Crippen LogP contribution < -0.4 is 15.4 Å². The molecule has 5 nitrogen and oxygen atoms in total. The molecule has 0 aromatic heterocycles. The van der Waals surface area contributed by atoms with Crippen molar-refractivity contribution in [2.75, 3.05) is 13.7 Å². The SMILES string of the molecule is CCNC(=O)NCc1cccc(OC)c1O. The number of ether oxygens (including phenoxy) is 1. The fourth-order valence-electron chi connectivity index (χ4n) is 1.27. The van der Waals surface area contributed by atoms with E-state index in [2.05, 4.69) is 10.6 Å². The molecule has 0 aliphatic heterocycles. The van der Waals surface area contributed by atoms with Gasteiger partial charge in [-0.2, -0.15) is 0 Å². The Morgan fingerprint density at radius 3 is 2.81 bits per heavy atom. The van der Waals surface area contributed by atoms with E-state index in [0.717, 1.165) is 0 Å². The summed E-state index contributed by atoms with van der Waals surface area (Å²) in [6, 6.07) is 4.88. The Morgan fingerprint density at radius 2 is 2.19 bits per heavy atom. The van der Waals surface area contributed by atoms with Crippen LogP contribution in [0.4, 0.5) is 4.79 Å². The van der Waals surface area contributed by atoms with Crippen LogP contribution in [0.15, 0.2) is 18.2 Å². The van der Waals surface area contributed by atoms with E-state index in [1.807, 2.05) is 6.92 Å². The van der Waals surface area contributed by atoms with E-state index >= 15 is 0 Å². The zero-order valence-electron chi connectivity index (χ0n) is 9.41. The van der Waals surface area contributed by atoms with E-state index in [1.165, 1.54) is 7.11 Å². The lowest BCUT2D eigenvalue weighted by atomic mass is 10.2. The molecule has 0 spiro atoms. The number of carbonyl (C=O) groups is 1. The van der Waals surface area contributed by atoms with E-state index in [1.54, 1.807) is 18.2 Å². The second-order valence-electron chi connectivity index (χ2n) is 3.18. The lowest BCUT2D eigenvalue weighted by Crippen LogP contribution is -2.34. The van der Waals surface area contributed by atoms with Crippen molar-refractivity contribution in [3.63, 3.8) is 0 Å². The number of nitrogens with one attached hydrogen (secondary N) is 2. The van der Waals surface area contributed by atoms with Crippen LogP contribution in [-0.4, -0.2) is 24.8 Å². The number of hydrogen-bond acceptors (Lipinski definition) is 3. The fourth-order valence-corrected chi connectivity index (χ4v) is 1.27. The number of methoxy groups -OCH3 is 1. The van der Waals surface area contributed by atoms with Crippen LogP contribution in [0.25, 0.3) is 0 Å². The van der Waals surface area contributed by atoms with E-state index in [-0.39, 0.29) is 18.3 Å². The molecular formula is C11H16N2O3. The first-order valence-electron chi connectivity index (χ1n) is 5.05. The Morgan fingerprint density at radius 1 is 1.44 bits per heavy atom. The molecule has 0 aliphatic rings. The maximum atomic E-state index is 11.1. The lowest BCUT2D eigenvalue weighted by Gasteiger charge is -2.09. The third-order valence-electron chi connectivity index (χ3n) is 2.08. The topological polar surface area (TPSA) is 70.6 Å². The van der Waals surface area contributed by atoms with E-state index < -0.39 is 0 Å². The quantitative estimate of drug-likeness (QED) is 0.720. The number of carbonyl (C=O) groups excluding carboxylic acids is 1. The summed E-state index contributed by atoms with van der Waals surface area (Å²) in [5.41, 5.74) is 0.616. The number of urea groups is 1. The number of phenols is 1. The number of rotatable bonds is 4. The molecule has 0 fully saturated rings. The largest absolute Gasteiger partial charge is 0.504 e. The zero-order chi connectivity index (χ0) is 12.0. The number of aromatic hydroxyl groups is 1. The summed E-state index contributed by atoms with van der Waals surface area (Å²) >= 11 is 0. The lowest BCUT2D eigenvalue weighted by molar-refractivity contribution is 0.241. The molecule has 88 valence electrons. The minimum absolute atomic E-state index is 0.0572. The molecule has 1 rings (SSSR count). The molecule has 3 N–H and O–H groups in total. The molecule has 0 radical (unpaired) electrons. The van der Waals surface area contributed by atoms with Crippen molar-refractivity contribution in [2.45, 2.75) is 13.5 Å². The van der Waals surface area contributed by atoms with Crippen LogP contribution in [0.2, 0.25) is 0 Å². The molecule has 0 bridgehead atoms. The van der Waals surface area contributed by atoms with Gasteiger partial charge in [-0.25, -0.2) is 4.79 Å². The summed E-state index contributed by atoms with van der Waals surface area (Å²) in [6.45, 7) is 2.66. The molecule has 0 aliphatic carbocycles. The minimum Gasteiger partial charge on any atom is -0.504 e. The Labute approximate surface area is 94.4 Å². The summed E-state index contributed by atoms with van der Waals surface area (Å²) in [4.78, 5) is 11.1. The smallest absolute Gasteiger partial charge is 0.315 e. The predicted molar refractivity (Wildman–Crippen MR) is 60.6 cm³/mol. The Bertz CT molecular complexity index is 366. The van der Waals surface area contributed by atoms with Crippen LogP contribution in [0.5, 0.6) is 11.5 Å². The predicted octanol–water partition coefficient (Wildman–Crippen LogP) is 1.22. The highest BCUT2D eigenvalue weighted by molar-refractivity contribution is 5.73. The first-order valence-corrected chi connectivity index (χ1v) is 5.05. The third kappa shape index (κ3) is 3.05. The van der Waals surface area contributed by atoms with Gasteiger partial charge >= 0.3 is 6.03 Å². The molecule has 0 saturated heterocycles. The van der Waals surface area contributed by atoms with Crippen LogP contribution in [-0.2, 0) is 6.54 Å². The highest BCUT2D eigenvalue weighted by atomic mass is 16.5. The monoisotopic (exact) mass is 224 g/mol. The third-order valence-corrected chi connectivity index (χ3v) is 2.08. The van der Waals surface area contributed by atoms with Crippen molar-refractivity contribution in [3.8, 4) is 11.5 Å². The maximum Gasteiger partial charge on any atom is 0.315 e. The number of amides is 2. The average Bonchev–Trinajstić information content (AvgIpc) is 2.28. The molecule has 0 heterocycles. The van der Waals surface area contributed by atoms with Gasteiger partial charge in [0.15, 0.2) is 11.5 Å². The summed E-state index contributed by atoms with van der Waals surface area (Å²) < 4.78 is 4.96. The first kappa shape index (κ1) is 12.2. The molecule has 1 aromatic rings. The molecule has 1 aromatic carbocycles. The van der Waals surface area contributed by atoms with Gasteiger partial charge in [0.05, 0.1) is 7.11 Å². The molecule has 0 atom stereocenters. The zero-order valence-corrected chi connectivity index (χ0v) is 9.41. The Hall–Kier alpha value is -1.91. The van der Waals surface area contributed by atoms with E-state index in [9.17, 15) is 9.90 Å². The van der Waals surface area contributed by atoms with Gasteiger partial charge in [0.1, 0.15) is 0 Å². The van der Waals surface area contributed by atoms with Crippen LogP contribution in [0.1, 0.15) is 12.5 Å². The van der Waals surface area contributed by atoms with Gasteiger partial charge in [-0.15, -0.1) is 0 Å². The van der Waals surface area contributed by atoms with Crippen molar-refractivity contribution in [1.29, 1.82) is 0 Å². The molecular weight excluding hydrogens is 208 g/mol. The molecule has 5 heteroatoms. The summed E-state index contributed by atoms with van der Waals surface area (Å²) in [5.74, 6) is 0.456. The van der Waals surface area contributed by atoms with Gasteiger partial charge in [0.25, 0.3) is 0 Å². The Balaban J connectivity index is 2.63. The van der Waals surface area contributed by atoms with Crippen molar-refractivity contribution < 1.29 is 14.6 Å². The normalized spacial score (nSPS) is 9.62. The summed E-state index contributed by atoms with van der Waals surface area (Å²) in [6.07, 6.45) is 0. The standard InChI is InChI=1S/C11H16N2O3/c1-3-12-11(15)13-7-8-5-4-6-9(16-2)10(8)14/h4-6,14H,3,7H2,1-2H3,(H2,12,13,15). The van der Waals surface area contributed by atoms with Gasteiger partial charge in [-0.3, -0.25) is 0 Å². The Kier molecular flexibility index (Phi) is 4.44. The van der Waals surface area contributed by atoms with Crippen LogP contribution >= 0.6 is 0 Å². The first-order chi connectivity index (χ1) is 7.69. The van der Waals surface area contributed by atoms with E-state index in [0.29, 0.717) is 17.9 Å². The van der Waals surface area contributed by atoms with Crippen molar-refractivity contribution >= 4 is 6.03 Å². The van der Waals surface area contributed by atoms with E-state index in [4.69, 9.17) is 4.74 Å². The van der Waals surface area contributed by atoms with Crippen molar-refractivity contribution in [3.05, 3.63) is 23.8 Å². The summed E-state index contributed by atoms with van der Waals surface area (Å²) in [5, 5.41) is 15.0.